The van der Waals surface area contributed by atoms with Crippen LogP contribution >= 0.6 is 11.6 Å². The molecule has 0 N–H and O–H groups in total. The fraction of sp³-hybridized carbons (Fsp3) is 0.333. The molecule has 28 heavy (non-hydrogen) atoms. The van der Waals surface area contributed by atoms with Crippen molar-refractivity contribution >= 4 is 17.5 Å². The highest BCUT2D eigenvalue weighted by molar-refractivity contribution is 6.30. The van der Waals surface area contributed by atoms with Gasteiger partial charge in [0.2, 0.25) is 0 Å². The summed E-state index contributed by atoms with van der Waals surface area (Å²) in [6, 6.07) is 10.2. The Morgan fingerprint density at radius 3 is 2.54 bits per heavy atom. The van der Waals surface area contributed by atoms with Crippen LogP contribution in [0.1, 0.15) is 19.4 Å². The average Bonchev–Trinajstić information content (AvgIpc) is 2.66. The van der Waals surface area contributed by atoms with Gasteiger partial charge in [-0.25, -0.2) is 13.6 Å². The van der Waals surface area contributed by atoms with E-state index in [0.717, 1.165) is 5.56 Å². The number of halogens is 3. The van der Waals surface area contributed by atoms with E-state index in [0.29, 0.717) is 23.8 Å². The van der Waals surface area contributed by atoms with Crippen LogP contribution in [0.2, 0.25) is 5.02 Å². The van der Waals surface area contributed by atoms with Crippen LogP contribution in [-0.2, 0) is 11.3 Å². The maximum atomic E-state index is 13.9. The van der Waals surface area contributed by atoms with Gasteiger partial charge in [-0.15, -0.1) is 0 Å². The van der Waals surface area contributed by atoms with E-state index in [1.165, 1.54) is 24.3 Å². The molecule has 1 aliphatic heterocycles. The van der Waals surface area contributed by atoms with Crippen LogP contribution < -0.4 is 4.74 Å². The van der Waals surface area contributed by atoms with Gasteiger partial charge in [-0.3, -0.25) is 4.90 Å². The van der Waals surface area contributed by atoms with Crippen LogP contribution in [0.3, 0.4) is 0 Å². The monoisotopic (exact) mass is 406 g/mol. The number of hydrogen-bond acceptors (Lipinski definition) is 4. The molecule has 2 aromatic carbocycles. The van der Waals surface area contributed by atoms with Gasteiger partial charge in [0.15, 0.2) is 11.6 Å². The topological polar surface area (TPSA) is 32.8 Å². The van der Waals surface area contributed by atoms with E-state index in [1.54, 1.807) is 18.2 Å². The molecule has 0 radical (unpaired) electrons. The molecule has 0 unspecified atom stereocenters. The van der Waals surface area contributed by atoms with E-state index >= 15 is 0 Å². The molecule has 2 aromatic rings. The molecule has 2 atom stereocenters. The highest BCUT2D eigenvalue weighted by Crippen LogP contribution is 2.27. The van der Waals surface area contributed by atoms with Crippen molar-refractivity contribution in [2.24, 2.45) is 0 Å². The van der Waals surface area contributed by atoms with E-state index in [2.05, 4.69) is 0 Å². The Balaban J connectivity index is 1.70. The average molecular weight is 407 g/mol. The van der Waals surface area contributed by atoms with Gasteiger partial charge in [-0.2, -0.15) is 0 Å². The number of carbonyl (C=O) groups excluding carboxylic acids is 1. The van der Waals surface area contributed by atoms with Crippen LogP contribution in [-0.4, -0.2) is 41.1 Å². The van der Waals surface area contributed by atoms with Crippen LogP contribution in [0.5, 0.6) is 5.75 Å². The molecule has 3 rings (SSSR count). The number of nitrogens with zero attached hydrogens (tertiary/aromatic N) is 2. The molecule has 0 aromatic heterocycles. The van der Waals surface area contributed by atoms with Gasteiger partial charge in [0.25, 0.3) is 0 Å². The Morgan fingerprint density at radius 2 is 1.89 bits per heavy atom. The Morgan fingerprint density at radius 1 is 1.18 bits per heavy atom. The summed E-state index contributed by atoms with van der Waals surface area (Å²) in [5.41, 5.74) is 1.39. The van der Waals surface area contributed by atoms with Crippen LogP contribution in [0.15, 0.2) is 48.2 Å². The Hall–Kier alpha value is -2.40. The van der Waals surface area contributed by atoms with Gasteiger partial charge < -0.3 is 9.64 Å². The fourth-order valence-electron chi connectivity index (χ4n) is 3.33. The van der Waals surface area contributed by atoms with Crippen molar-refractivity contribution in [3.8, 4) is 5.75 Å². The quantitative estimate of drug-likeness (QED) is 0.694. The normalized spacial score (nSPS) is 20.2. The zero-order valence-electron chi connectivity index (χ0n) is 15.7. The molecule has 148 valence electrons. The second kappa shape index (κ2) is 8.74. The van der Waals surface area contributed by atoms with Crippen molar-refractivity contribution in [3.63, 3.8) is 0 Å². The maximum absolute atomic E-state index is 13.9. The van der Waals surface area contributed by atoms with Crippen molar-refractivity contribution < 1.29 is 18.3 Å². The van der Waals surface area contributed by atoms with Crippen LogP contribution in [0, 0.1) is 11.6 Å². The van der Waals surface area contributed by atoms with Crippen molar-refractivity contribution in [3.05, 3.63) is 70.4 Å². The summed E-state index contributed by atoms with van der Waals surface area (Å²) in [4.78, 5) is 15.6. The van der Waals surface area contributed by atoms with Gasteiger partial charge >= 0.3 is 0 Å². The largest absolute Gasteiger partial charge is 0.475 e. The van der Waals surface area contributed by atoms with E-state index < -0.39 is 5.82 Å². The minimum atomic E-state index is -0.533. The number of ether oxygens (including phenoxy) is 1. The molecule has 1 aliphatic rings. The molecule has 7 heteroatoms. The highest BCUT2D eigenvalue weighted by Gasteiger charge is 2.34. The first-order valence-corrected chi connectivity index (χ1v) is 9.35. The van der Waals surface area contributed by atoms with Gasteiger partial charge in [-0.1, -0.05) is 23.7 Å². The van der Waals surface area contributed by atoms with Crippen molar-refractivity contribution in [1.29, 1.82) is 0 Å². The lowest BCUT2D eigenvalue weighted by molar-refractivity contribution is 0.0272. The van der Waals surface area contributed by atoms with E-state index in [4.69, 9.17) is 16.3 Å². The summed E-state index contributed by atoms with van der Waals surface area (Å²) >= 11 is 5.76. The first-order valence-electron chi connectivity index (χ1n) is 8.97. The van der Waals surface area contributed by atoms with Gasteiger partial charge in [0.05, 0.1) is 6.04 Å². The molecular weight excluding hydrogens is 386 g/mol. The van der Waals surface area contributed by atoms with E-state index in [-0.39, 0.29) is 30.4 Å². The molecule has 0 amide bonds. The maximum Gasteiger partial charge on any atom is 0.166 e. The standard InChI is InChI=1S/C21H21ClF2N2O2/c1-14-10-25(13-28-21-8-5-17(22)9-19(21)24)15(2)20(12-27)26(14)11-16-3-6-18(23)7-4-16/h3-9,14-15H,10-11,13H2,1-2H3/t14-,15+/m1/s1. The third kappa shape index (κ3) is 4.53. The fourth-order valence-corrected chi connectivity index (χ4v) is 3.49. The lowest BCUT2D eigenvalue weighted by Gasteiger charge is -2.45. The van der Waals surface area contributed by atoms with Crippen LogP contribution in [0.25, 0.3) is 0 Å². The third-order valence-corrected chi connectivity index (χ3v) is 5.17. The predicted octanol–water partition coefficient (Wildman–Crippen LogP) is 4.26. The van der Waals surface area contributed by atoms with Crippen molar-refractivity contribution in [2.75, 3.05) is 13.3 Å². The summed E-state index contributed by atoms with van der Waals surface area (Å²) in [5, 5.41) is 0.299. The summed E-state index contributed by atoms with van der Waals surface area (Å²) in [5.74, 6) is 1.32. The Kier molecular flexibility index (Phi) is 6.35. The molecule has 4 nitrogen and oxygen atoms in total. The number of hydrogen-bond donors (Lipinski definition) is 0. The molecule has 0 bridgehead atoms. The Bertz CT molecular complexity index is 884. The molecule has 1 fully saturated rings. The molecule has 0 spiro atoms. The Labute approximate surface area is 168 Å². The minimum Gasteiger partial charge on any atom is -0.475 e. The van der Waals surface area contributed by atoms with Gasteiger partial charge in [0, 0.05) is 24.2 Å². The minimum absolute atomic E-state index is 0.00336. The van der Waals surface area contributed by atoms with Crippen molar-refractivity contribution in [2.45, 2.75) is 32.5 Å². The summed E-state index contributed by atoms with van der Waals surface area (Å²) in [6.07, 6.45) is 0. The lowest BCUT2D eigenvalue weighted by Crippen LogP contribution is -2.55. The second-order valence-corrected chi connectivity index (χ2v) is 7.32. The smallest absolute Gasteiger partial charge is 0.166 e. The molecule has 1 heterocycles. The lowest BCUT2D eigenvalue weighted by atomic mass is 10.0. The zero-order valence-corrected chi connectivity index (χ0v) is 16.4. The zero-order chi connectivity index (χ0) is 20.3. The highest BCUT2D eigenvalue weighted by atomic mass is 35.5. The summed E-state index contributed by atoms with van der Waals surface area (Å²) in [7, 11) is 0. The molecule has 1 saturated heterocycles. The van der Waals surface area contributed by atoms with Crippen molar-refractivity contribution in [1.82, 2.24) is 9.80 Å². The van der Waals surface area contributed by atoms with E-state index in [9.17, 15) is 13.6 Å². The SMILES string of the molecule is C[C@@H]1CN(COc2ccc(Cl)cc2F)[C@@H](C)C(=C=O)N1Cc1ccc(F)cc1. The number of rotatable bonds is 5. The predicted molar refractivity (Wildman–Crippen MR) is 104 cm³/mol. The van der Waals surface area contributed by atoms with Gasteiger partial charge in [-0.05, 0) is 49.7 Å². The van der Waals surface area contributed by atoms with E-state index in [1.807, 2.05) is 29.6 Å². The third-order valence-electron chi connectivity index (χ3n) is 4.93. The number of piperazine rings is 1. The first-order chi connectivity index (χ1) is 13.4. The number of benzene rings is 2. The molecule has 0 saturated carbocycles. The molecular formula is C21H21ClF2N2O2. The molecule has 0 aliphatic carbocycles. The summed E-state index contributed by atoms with van der Waals surface area (Å²) in [6.45, 7) is 5.09. The summed E-state index contributed by atoms with van der Waals surface area (Å²) < 4.78 is 32.7. The first kappa shape index (κ1) is 20.3. The van der Waals surface area contributed by atoms with Gasteiger partial charge in [0.1, 0.15) is 24.2 Å². The van der Waals surface area contributed by atoms with Crippen LogP contribution in [0.4, 0.5) is 8.78 Å². The second-order valence-electron chi connectivity index (χ2n) is 6.89.